The summed E-state index contributed by atoms with van der Waals surface area (Å²) in [6.07, 6.45) is 0. The van der Waals surface area contributed by atoms with Crippen LogP contribution in [0.2, 0.25) is 74.9 Å². The Labute approximate surface area is 134 Å². The summed E-state index contributed by atoms with van der Waals surface area (Å²) in [5, 5.41) is 0. The van der Waals surface area contributed by atoms with Crippen molar-refractivity contribution in [3.8, 4) is 0 Å². The van der Waals surface area contributed by atoms with Gasteiger partial charge in [-0.1, -0.05) is 84.9 Å². The average Bonchev–Trinajstić information content (AvgIpc) is 2.10. The molecule has 0 amide bonds. The van der Waals surface area contributed by atoms with Gasteiger partial charge in [0.05, 0.1) is 0 Å². The Morgan fingerprint density at radius 1 is 0.632 bits per heavy atom. The van der Waals surface area contributed by atoms with Crippen molar-refractivity contribution in [1.29, 1.82) is 0 Å². The summed E-state index contributed by atoms with van der Waals surface area (Å²) in [5.74, 6) is 0. The summed E-state index contributed by atoms with van der Waals surface area (Å²) in [7, 11) is -3.74. The molecule has 0 bridgehead atoms. The first-order valence-electron chi connectivity index (χ1n) is 7.81. The standard InChI is InChI=1S/C14H37BrSi4/c1-12-19(15,13-2)14(16(3,4)5,17(6,7)8)18(9,10)11/h12-13H2,1-11H3. The van der Waals surface area contributed by atoms with E-state index in [9.17, 15) is 0 Å². The Morgan fingerprint density at radius 2 is 0.842 bits per heavy atom. The predicted octanol–water partition coefficient (Wildman–Crippen LogP) is 6.74. The second kappa shape index (κ2) is 5.86. The molecular weight excluding hydrogens is 360 g/mol. The van der Waals surface area contributed by atoms with Crippen molar-refractivity contribution in [2.45, 2.75) is 88.8 Å². The van der Waals surface area contributed by atoms with E-state index in [0.717, 1.165) is 3.91 Å². The molecule has 0 aromatic heterocycles. The molecule has 19 heavy (non-hydrogen) atoms. The number of hydrogen-bond acceptors (Lipinski definition) is 0. The van der Waals surface area contributed by atoms with E-state index in [-0.39, 0.29) is 0 Å². The minimum atomic E-state index is -1.39. The van der Waals surface area contributed by atoms with Gasteiger partial charge in [-0.25, -0.2) is 0 Å². The third-order valence-electron chi connectivity index (χ3n) is 5.17. The van der Waals surface area contributed by atoms with Gasteiger partial charge in [-0.15, -0.1) is 15.3 Å². The zero-order valence-electron chi connectivity index (χ0n) is 15.3. The van der Waals surface area contributed by atoms with Crippen LogP contribution in [-0.4, -0.2) is 30.9 Å². The van der Waals surface area contributed by atoms with Gasteiger partial charge in [0.25, 0.3) is 0 Å². The van der Waals surface area contributed by atoms with Crippen LogP contribution in [0, 0.1) is 0 Å². The molecule has 0 N–H and O–H groups in total. The maximum absolute atomic E-state index is 4.46. The second-order valence-corrected chi connectivity index (χ2v) is 36.6. The van der Waals surface area contributed by atoms with Crippen molar-refractivity contribution >= 4 is 46.2 Å². The highest BCUT2D eigenvalue weighted by Crippen LogP contribution is 2.63. The van der Waals surface area contributed by atoms with E-state index in [4.69, 9.17) is 0 Å². The summed E-state index contributed by atoms with van der Waals surface area (Å²) in [6, 6.07) is 2.81. The first kappa shape index (κ1) is 20.3. The lowest BCUT2D eigenvalue weighted by Gasteiger charge is -2.65. The van der Waals surface area contributed by atoms with E-state index in [1.165, 1.54) is 12.1 Å². The highest BCUT2D eigenvalue weighted by Gasteiger charge is 2.68. The lowest BCUT2D eigenvalue weighted by molar-refractivity contribution is 1.13. The fourth-order valence-electron chi connectivity index (χ4n) is 6.17. The smallest absolute Gasteiger partial charge is 0.127 e. The van der Waals surface area contributed by atoms with Gasteiger partial charge in [0.15, 0.2) is 0 Å². The largest absolute Gasteiger partial charge is 0.128 e. The lowest BCUT2D eigenvalue weighted by atomic mass is 10.9. The highest BCUT2D eigenvalue weighted by molar-refractivity contribution is 9.26. The Morgan fingerprint density at radius 3 is 0.895 bits per heavy atom. The molecule has 0 aliphatic heterocycles. The number of hydrogen-bond donors (Lipinski definition) is 0. The van der Waals surface area contributed by atoms with Gasteiger partial charge >= 0.3 is 0 Å². The third kappa shape index (κ3) is 3.10. The topological polar surface area (TPSA) is 0 Å². The SMILES string of the molecule is CC[Si](Br)(CC)C([Si](C)(C)C)([Si](C)(C)C)[Si](C)(C)C. The molecule has 0 saturated carbocycles. The predicted molar refractivity (Wildman–Crippen MR) is 108 cm³/mol. The van der Waals surface area contributed by atoms with Crippen LogP contribution >= 0.6 is 15.3 Å². The quantitative estimate of drug-likeness (QED) is 0.344. The molecule has 0 atom stereocenters. The summed E-state index contributed by atoms with van der Waals surface area (Å²) in [4.78, 5) is 0. The van der Waals surface area contributed by atoms with Crippen LogP contribution in [-0.2, 0) is 0 Å². The minimum absolute atomic E-state index is 0.740. The molecule has 0 fully saturated rings. The van der Waals surface area contributed by atoms with Crippen LogP contribution in [0.25, 0.3) is 0 Å². The van der Waals surface area contributed by atoms with Gasteiger partial charge in [0, 0.05) is 24.2 Å². The van der Waals surface area contributed by atoms with Gasteiger partial charge in [-0.2, -0.15) is 0 Å². The summed E-state index contributed by atoms with van der Waals surface area (Å²) >= 11 is 4.46. The Balaban J connectivity index is 6.61. The lowest BCUT2D eigenvalue weighted by Crippen LogP contribution is -2.75. The molecule has 0 aliphatic carbocycles. The van der Waals surface area contributed by atoms with Gasteiger partial charge in [0.1, 0.15) is 6.69 Å². The van der Waals surface area contributed by atoms with Gasteiger partial charge in [-0.3, -0.25) is 0 Å². The van der Waals surface area contributed by atoms with Crippen LogP contribution in [0.5, 0.6) is 0 Å². The maximum Gasteiger partial charge on any atom is 0.128 e. The molecule has 0 nitrogen and oxygen atoms in total. The molecule has 0 heterocycles. The number of halogens is 1. The summed E-state index contributed by atoms with van der Waals surface area (Å²) < 4.78 is 0.740. The molecular formula is C14H37BrSi4. The molecule has 0 spiro atoms. The molecule has 0 unspecified atom stereocenters. The zero-order valence-corrected chi connectivity index (χ0v) is 20.9. The van der Waals surface area contributed by atoms with E-state index in [0.29, 0.717) is 0 Å². The van der Waals surface area contributed by atoms with Crippen molar-refractivity contribution in [2.75, 3.05) is 0 Å². The number of rotatable bonds is 6. The second-order valence-electron chi connectivity index (χ2n) is 9.17. The molecule has 0 radical (unpaired) electrons. The van der Waals surface area contributed by atoms with Crippen molar-refractivity contribution in [3.05, 3.63) is 0 Å². The van der Waals surface area contributed by atoms with Crippen molar-refractivity contribution in [1.82, 2.24) is 0 Å². The van der Waals surface area contributed by atoms with Crippen LogP contribution in [0.4, 0.5) is 0 Å². The molecule has 0 rings (SSSR count). The van der Waals surface area contributed by atoms with Crippen molar-refractivity contribution in [3.63, 3.8) is 0 Å². The van der Waals surface area contributed by atoms with E-state index < -0.39 is 30.9 Å². The van der Waals surface area contributed by atoms with E-state index >= 15 is 0 Å². The van der Waals surface area contributed by atoms with E-state index in [1.54, 1.807) is 0 Å². The summed E-state index contributed by atoms with van der Waals surface area (Å²) in [6.45, 7) is 27.5. The molecule has 0 saturated heterocycles. The highest BCUT2D eigenvalue weighted by atomic mass is 79.9. The minimum Gasteiger partial charge on any atom is -0.127 e. The Hall–Kier alpha value is 1.35. The molecule has 5 heteroatoms. The van der Waals surface area contributed by atoms with Crippen LogP contribution in [0.3, 0.4) is 0 Å². The Kier molecular flexibility index (Phi) is 6.27. The van der Waals surface area contributed by atoms with Crippen LogP contribution < -0.4 is 0 Å². The van der Waals surface area contributed by atoms with Gasteiger partial charge < -0.3 is 0 Å². The monoisotopic (exact) mass is 396 g/mol. The maximum atomic E-state index is 4.46. The van der Waals surface area contributed by atoms with Crippen LogP contribution in [0.15, 0.2) is 0 Å². The van der Waals surface area contributed by atoms with Crippen molar-refractivity contribution in [2.24, 2.45) is 0 Å². The average molecular weight is 398 g/mol. The molecule has 116 valence electrons. The Bertz CT molecular complexity index is 267. The zero-order chi connectivity index (χ0) is 15.9. The van der Waals surface area contributed by atoms with E-state index in [2.05, 4.69) is 88.1 Å². The van der Waals surface area contributed by atoms with Crippen LogP contribution in [0.1, 0.15) is 13.8 Å². The molecule has 0 aromatic carbocycles. The first-order chi connectivity index (χ1) is 8.12. The third-order valence-corrected chi connectivity index (χ3v) is 48.5. The molecule has 0 aliphatic rings. The fraction of sp³-hybridized carbons (Fsp3) is 1.00. The van der Waals surface area contributed by atoms with Gasteiger partial charge in [-0.05, 0) is 3.91 Å². The summed E-state index contributed by atoms with van der Waals surface area (Å²) in [5.41, 5.74) is 0. The molecule has 0 aromatic rings. The first-order valence-corrected chi connectivity index (χ1v) is 23.0. The normalized spacial score (nSPS) is 15.8. The van der Waals surface area contributed by atoms with Gasteiger partial charge in [0.2, 0.25) is 0 Å². The van der Waals surface area contributed by atoms with Crippen molar-refractivity contribution < 1.29 is 0 Å². The van der Waals surface area contributed by atoms with E-state index in [1.807, 2.05) is 0 Å². The fourth-order valence-corrected chi connectivity index (χ4v) is 70.1.